The second kappa shape index (κ2) is 5.00. The Morgan fingerprint density at radius 2 is 2.20 bits per heavy atom. The Kier molecular flexibility index (Phi) is 4.59. The molecule has 0 rings (SSSR count). The van der Waals surface area contributed by atoms with Crippen LogP contribution in [0.5, 0.6) is 0 Å². The summed E-state index contributed by atoms with van der Waals surface area (Å²) in [4.78, 5) is 10.2. The van der Waals surface area contributed by atoms with Gasteiger partial charge in [0.05, 0.1) is 5.03 Å². The lowest BCUT2D eigenvalue weighted by Gasteiger charge is -1.91. The van der Waals surface area contributed by atoms with Gasteiger partial charge in [-0.05, 0) is 13.0 Å². The zero-order valence-corrected chi connectivity index (χ0v) is 6.56. The maximum absolute atomic E-state index is 10.2. The van der Waals surface area contributed by atoms with Gasteiger partial charge in [0.2, 0.25) is 0 Å². The highest BCUT2D eigenvalue weighted by Gasteiger charge is 1.95. The molecule has 0 aromatic heterocycles. The van der Waals surface area contributed by atoms with Crippen molar-refractivity contribution < 1.29 is 4.79 Å². The van der Waals surface area contributed by atoms with Crippen LogP contribution in [0.25, 0.3) is 0 Å². The number of hydrogen-bond acceptors (Lipinski definition) is 1. The van der Waals surface area contributed by atoms with E-state index in [1.54, 1.807) is 19.1 Å². The summed E-state index contributed by atoms with van der Waals surface area (Å²) in [5, 5.41) is 0.424. The maximum atomic E-state index is 10.2. The molecule has 0 bridgehead atoms. The molecule has 0 radical (unpaired) electrons. The monoisotopic (exact) mass is 156 g/mol. The van der Waals surface area contributed by atoms with E-state index in [-0.39, 0.29) is 0 Å². The highest BCUT2D eigenvalue weighted by atomic mass is 35.5. The molecule has 10 heavy (non-hydrogen) atoms. The molecule has 0 N–H and O–H groups in total. The minimum atomic E-state index is 0.424. The van der Waals surface area contributed by atoms with Crippen molar-refractivity contribution in [1.82, 2.24) is 0 Å². The highest BCUT2D eigenvalue weighted by molar-refractivity contribution is 6.34. The van der Waals surface area contributed by atoms with E-state index in [9.17, 15) is 4.79 Å². The zero-order valence-electron chi connectivity index (χ0n) is 5.80. The fourth-order valence-electron chi connectivity index (χ4n) is 0.462. The number of halogens is 1. The third kappa shape index (κ3) is 2.65. The Labute approximate surface area is 65.7 Å². The van der Waals surface area contributed by atoms with Crippen molar-refractivity contribution in [2.75, 3.05) is 0 Å². The Hall–Kier alpha value is -0.820. The smallest absolute Gasteiger partial charge is 0.151 e. The van der Waals surface area contributed by atoms with Gasteiger partial charge in [0, 0.05) is 5.57 Å². The molecular formula is C8H9ClO. The number of allylic oxidation sites excluding steroid dienone is 5. The highest BCUT2D eigenvalue weighted by Crippen LogP contribution is 2.11. The molecule has 0 heterocycles. The molecule has 0 aromatic carbocycles. The quantitative estimate of drug-likeness (QED) is 0.349. The first-order valence-electron chi connectivity index (χ1n) is 2.86. The number of carbonyl (C=O) groups excluding carboxylic acids is 1. The van der Waals surface area contributed by atoms with Crippen LogP contribution in [0.1, 0.15) is 6.92 Å². The molecule has 0 aliphatic rings. The molecule has 0 fully saturated rings. The first-order chi connectivity index (χ1) is 4.76. The summed E-state index contributed by atoms with van der Waals surface area (Å²) in [5.74, 6) is 0. The van der Waals surface area contributed by atoms with E-state index in [2.05, 4.69) is 6.58 Å². The van der Waals surface area contributed by atoms with E-state index in [1.165, 1.54) is 6.08 Å². The van der Waals surface area contributed by atoms with Gasteiger partial charge in [0.1, 0.15) is 0 Å². The predicted molar refractivity (Wildman–Crippen MR) is 44.0 cm³/mol. The molecule has 0 aliphatic carbocycles. The first-order valence-corrected chi connectivity index (χ1v) is 3.24. The minimum Gasteiger partial charge on any atom is -0.298 e. The molecule has 2 heteroatoms. The van der Waals surface area contributed by atoms with Crippen LogP contribution in [0.2, 0.25) is 0 Å². The average Bonchev–Trinajstić information content (AvgIpc) is 1.91. The van der Waals surface area contributed by atoms with E-state index < -0.39 is 0 Å². The molecule has 1 nitrogen and oxygen atoms in total. The van der Waals surface area contributed by atoms with Gasteiger partial charge in [-0.1, -0.05) is 30.3 Å². The molecule has 0 atom stereocenters. The van der Waals surface area contributed by atoms with Crippen molar-refractivity contribution in [1.29, 1.82) is 0 Å². The number of rotatable bonds is 3. The third-order valence-electron chi connectivity index (χ3n) is 0.978. The molecule has 0 saturated carbocycles. The number of hydrogen-bond donors (Lipinski definition) is 0. The van der Waals surface area contributed by atoms with E-state index >= 15 is 0 Å². The van der Waals surface area contributed by atoms with Gasteiger partial charge in [-0.3, -0.25) is 4.79 Å². The zero-order chi connectivity index (χ0) is 7.98. The molecule has 0 saturated heterocycles. The second-order valence-electron chi connectivity index (χ2n) is 1.61. The molecule has 54 valence electrons. The van der Waals surface area contributed by atoms with Crippen LogP contribution < -0.4 is 0 Å². The van der Waals surface area contributed by atoms with E-state index in [1.807, 2.05) is 0 Å². The van der Waals surface area contributed by atoms with Crippen molar-refractivity contribution in [3.8, 4) is 0 Å². The summed E-state index contributed by atoms with van der Waals surface area (Å²) >= 11 is 5.64. The summed E-state index contributed by atoms with van der Waals surface area (Å²) < 4.78 is 0. The summed E-state index contributed by atoms with van der Waals surface area (Å²) in [6.07, 6.45) is 5.47. The fraction of sp³-hybridized carbons (Fsp3) is 0.125. The average molecular weight is 157 g/mol. The van der Waals surface area contributed by atoms with Crippen LogP contribution in [0.3, 0.4) is 0 Å². The number of carbonyl (C=O) groups is 1. The van der Waals surface area contributed by atoms with Gasteiger partial charge in [0.15, 0.2) is 6.29 Å². The molecule has 0 unspecified atom stereocenters. The molecule has 0 spiro atoms. The van der Waals surface area contributed by atoms with E-state index in [0.29, 0.717) is 16.9 Å². The van der Waals surface area contributed by atoms with Crippen LogP contribution in [0.15, 0.2) is 35.4 Å². The van der Waals surface area contributed by atoms with Gasteiger partial charge in [0.25, 0.3) is 0 Å². The van der Waals surface area contributed by atoms with Crippen LogP contribution in [0, 0.1) is 0 Å². The standard InChI is InChI=1S/C8H9ClO/c1-3-5-8(9)7(4-2)6-10/h3-6H,1H2,2H3/b7-4-,8-5+. The summed E-state index contributed by atoms with van der Waals surface area (Å²) in [5.41, 5.74) is 0.488. The normalized spacial score (nSPS) is 13.0. The Balaban J connectivity index is 4.45. The van der Waals surface area contributed by atoms with Gasteiger partial charge < -0.3 is 0 Å². The molecule has 0 aliphatic heterocycles. The molecular weight excluding hydrogens is 148 g/mol. The molecule has 0 aromatic rings. The summed E-state index contributed by atoms with van der Waals surface area (Å²) in [7, 11) is 0. The van der Waals surface area contributed by atoms with Crippen LogP contribution in [-0.2, 0) is 4.79 Å². The van der Waals surface area contributed by atoms with Gasteiger partial charge in [-0.15, -0.1) is 0 Å². The van der Waals surface area contributed by atoms with Crippen molar-refractivity contribution in [2.24, 2.45) is 0 Å². The van der Waals surface area contributed by atoms with Gasteiger partial charge >= 0.3 is 0 Å². The van der Waals surface area contributed by atoms with Crippen molar-refractivity contribution >= 4 is 17.9 Å². The Morgan fingerprint density at radius 1 is 1.60 bits per heavy atom. The molecule has 0 amide bonds. The lowest BCUT2D eigenvalue weighted by molar-refractivity contribution is -0.104. The Bertz CT molecular complexity index is 189. The summed E-state index contributed by atoms with van der Waals surface area (Å²) in [6.45, 7) is 5.20. The SMILES string of the molecule is C=C/C=C(Cl)\C(C=O)=C/C. The predicted octanol–water partition coefficient (Wildman–Crippen LogP) is 2.44. The lowest BCUT2D eigenvalue weighted by Crippen LogP contribution is -1.82. The van der Waals surface area contributed by atoms with Crippen LogP contribution >= 0.6 is 11.6 Å². The summed E-state index contributed by atoms with van der Waals surface area (Å²) in [6, 6.07) is 0. The van der Waals surface area contributed by atoms with Crippen molar-refractivity contribution in [3.63, 3.8) is 0 Å². The second-order valence-corrected chi connectivity index (χ2v) is 2.02. The van der Waals surface area contributed by atoms with Crippen molar-refractivity contribution in [3.05, 3.63) is 35.4 Å². The lowest BCUT2D eigenvalue weighted by atomic mass is 10.2. The van der Waals surface area contributed by atoms with Gasteiger partial charge in [-0.25, -0.2) is 0 Å². The fourth-order valence-corrected chi connectivity index (χ4v) is 0.705. The number of aldehydes is 1. The van der Waals surface area contributed by atoms with E-state index in [4.69, 9.17) is 11.6 Å². The van der Waals surface area contributed by atoms with E-state index in [0.717, 1.165) is 0 Å². The van der Waals surface area contributed by atoms with Gasteiger partial charge in [-0.2, -0.15) is 0 Å². The third-order valence-corrected chi connectivity index (χ3v) is 1.32. The Morgan fingerprint density at radius 3 is 2.50 bits per heavy atom. The maximum Gasteiger partial charge on any atom is 0.151 e. The van der Waals surface area contributed by atoms with Crippen molar-refractivity contribution in [2.45, 2.75) is 6.92 Å². The van der Waals surface area contributed by atoms with Crippen LogP contribution in [-0.4, -0.2) is 6.29 Å². The minimum absolute atomic E-state index is 0.424. The first kappa shape index (κ1) is 9.18. The van der Waals surface area contributed by atoms with Crippen LogP contribution in [0.4, 0.5) is 0 Å². The topological polar surface area (TPSA) is 17.1 Å². The largest absolute Gasteiger partial charge is 0.298 e.